The van der Waals surface area contributed by atoms with Crippen LogP contribution in [0.25, 0.3) is 0 Å². The number of amides is 1. The second kappa shape index (κ2) is 5.38. The highest BCUT2D eigenvalue weighted by atomic mass is 32.1. The fourth-order valence-corrected chi connectivity index (χ4v) is 1.45. The van der Waals surface area contributed by atoms with Crippen molar-refractivity contribution in [1.82, 2.24) is 20.1 Å². The lowest BCUT2D eigenvalue weighted by Crippen LogP contribution is -2.30. The van der Waals surface area contributed by atoms with Crippen LogP contribution in [0.2, 0.25) is 0 Å². The van der Waals surface area contributed by atoms with Crippen LogP contribution in [0.5, 0.6) is 0 Å². The molecule has 1 N–H and O–H groups in total. The standard InChI is InChI=1S/C10H17N5O2S/c1-6-12-8(18)15(13-6)7(10(2,3)4)14-17-9(16)11-5/h1-5H3,(H,11,16)(H,12,13,18). The molecule has 0 aliphatic rings. The van der Waals surface area contributed by atoms with Gasteiger partial charge in [0.1, 0.15) is 5.82 Å². The number of hydrogen-bond donors (Lipinski definition) is 2. The summed E-state index contributed by atoms with van der Waals surface area (Å²) in [4.78, 5) is 19.8. The van der Waals surface area contributed by atoms with Crippen LogP contribution in [-0.2, 0) is 4.84 Å². The monoisotopic (exact) mass is 271 g/mol. The number of thiol groups is 1. The first-order valence-electron chi connectivity index (χ1n) is 5.36. The molecule has 1 rings (SSSR count). The van der Waals surface area contributed by atoms with E-state index in [2.05, 4.69) is 33.2 Å². The average Bonchev–Trinajstić information content (AvgIpc) is 2.56. The van der Waals surface area contributed by atoms with E-state index in [1.807, 2.05) is 20.8 Å². The molecule has 1 aromatic rings. The number of carbonyl (C=O) groups excluding carboxylic acids is 1. The fourth-order valence-electron chi connectivity index (χ4n) is 1.17. The van der Waals surface area contributed by atoms with Gasteiger partial charge in [0.15, 0.2) is 11.0 Å². The average molecular weight is 271 g/mol. The number of carbonyl (C=O) groups is 1. The summed E-state index contributed by atoms with van der Waals surface area (Å²) in [5, 5.41) is 10.7. The van der Waals surface area contributed by atoms with Gasteiger partial charge in [-0.1, -0.05) is 25.9 Å². The molecule has 0 aliphatic carbocycles. The number of oxime groups is 1. The molecule has 1 heterocycles. The van der Waals surface area contributed by atoms with E-state index < -0.39 is 6.09 Å². The smallest absolute Gasteiger partial charge is 0.323 e. The van der Waals surface area contributed by atoms with Crippen molar-refractivity contribution in [3.8, 4) is 0 Å². The van der Waals surface area contributed by atoms with Gasteiger partial charge in [-0.15, -0.1) is 17.7 Å². The Morgan fingerprint density at radius 1 is 1.50 bits per heavy atom. The van der Waals surface area contributed by atoms with Crippen LogP contribution in [0, 0.1) is 12.3 Å². The zero-order valence-electron chi connectivity index (χ0n) is 11.1. The van der Waals surface area contributed by atoms with Gasteiger partial charge >= 0.3 is 6.09 Å². The Balaban J connectivity index is 3.15. The third kappa shape index (κ3) is 3.46. The maximum atomic E-state index is 11.1. The summed E-state index contributed by atoms with van der Waals surface area (Å²) in [6.07, 6.45) is -0.644. The summed E-state index contributed by atoms with van der Waals surface area (Å²) in [6.45, 7) is 7.51. The lowest BCUT2D eigenvalue weighted by molar-refractivity contribution is 0.151. The van der Waals surface area contributed by atoms with Gasteiger partial charge < -0.3 is 5.32 Å². The van der Waals surface area contributed by atoms with Crippen molar-refractivity contribution in [3.05, 3.63) is 5.82 Å². The van der Waals surface area contributed by atoms with E-state index in [1.165, 1.54) is 11.7 Å². The van der Waals surface area contributed by atoms with Crippen LogP contribution in [0.15, 0.2) is 10.3 Å². The molecule has 7 nitrogen and oxygen atoms in total. The van der Waals surface area contributed by atoms with E-state index in [0.29, 0.717) is 16.8 Å². The van der Waals surface area contributed by atoms with Gasteiger partial charge in [-0.05, 0) is 6.92 Å². The summed E-state index contributed by atoms with van der Waals surface area (Å²) in [5.74, 6) is 1.01. The van der Waals surface area contributed by atoms with Gasteiger partial charge in [0, 0.05) is 12.5 Å². The Morgan fingerprint density at radius 2 is 2.11 bits per heavy atom. The minimum Gasteiger partial charge on any atom is -0.323 e. The summed E-state index contributed by atoms with van der Waals surface area (Å²) in [5.41, 5.74) is -0.383. The third-order valence-electron chi connectivity index (χ3n) is 1.99. The quantitative estimate of drug-likeness (QED) is 0.266. The Bertz CT molecular complexity index is 475. The number of rotatable bonds is 1. The Morgan fingerprint density at radius 3 is 2.50 bits per heavy atom. The largest absolute Gasteiger partial charge is 0.433 e. The number of nitrogens with one attached hydrogen (secondary N) is 1. The minimum absolute atomic E-state index is 0.383. The molecule has 0 atom stereocenters. The molecular formula is C10H17N5O2S. The molecular weight excluding hydrogens is 254 g/mol. The number of nitrogens with zero attached hydrogens (tertiary/aromatic N) is 4. The maximum absolute atomic E-state index is 11.1. The lowest BCUT2D eigenvalue weighted by Gasteiger charge is -2.20. The number of hydrogen-bond acceptors (Lipinski definition) is 6. The van der Waals surface area contributed by atoms with Crippen molar-refractivity contribution in [2.24, 2.45) is 10.6 Å². The molecule has 0 saturated carbocycles. The first-order chi connectivity index (χ1) is 8.25. The van der Waals surface area contributed by atoms with Crippen LogP contribution >= 0.6 is 12.6 Å². The van der Waals surface area contributed by atoms with Gasteiger partial charge in [0.05, 0.1) is 0 Å². The van der Waals surface area contributed by atoms with Crippen LogP contribution in [0.3, 0.4) is 0 Å². The van der Waals surface area contributed by atoms with Crippen molar-refractivity contribution in [2.75, 3.05) is 7.05 Å². The van der Waals surface area contributed by atoms with Gasteiger partial charge in [-0.2, -0.15) is 4.68 Å². The summed E-state index contributed by atoms with van der Waals surface area (Å²) >= 11 is 4.21. The van der Waals surface area contributed by atoms with Gasteiger partial charge in [0.2, 0.25) is 0 Å². The normalized spacial score (nSPS) is 12.4. The molecule has 0 unspecified atom stereocenters. The predicted octanol–water partition coefficient (Wildman–Crippen LogP) is 1.44. The van der Waals surface area contributed by atoms with Gasteiger partial charge in [0.25, 0.3) is 0 Å². The highest BCUT2D eigenvalue weighted by Gasteiger charge is 2.25. The van der Waals surface area contributed by atoms with Crippen LogP contribution in [-0.4, -0.2) is 33.7 Å². The highest BCUT2D eigenvalue weighted by Crippen LogP contribution is 2.19. The molecule has 1 aromatic heterocycles. The zero-order valence-corrected chi connectivity index (χ0v) is 11.9. The molecule has 0 radical (unpaired) electrons. The SMILES string of the molecule is CNC(=O)ON=C(n1nc(C)nc1S)C(C)(C)C. The molecule has 0 saturated heterocycles. The van der Waals surface area contributed by atoms with Crippen LogP contribution in [0.1, 0.15) is 26.6 Å². The van der Waals surface area contributed by atoms with E-state index in [-0.39, 0.29) is 5.41 Å². The molecule has 100 valence electrons. The van der Waals surface area contributed by atoms with E-state index in [4.69, 9.17) is 4.84 Å². The van der Waals surface area contributed by atoms with Crippen LogP contribution < -0.4 is 5.32 Å². The summed E-state index contributed by atoms with van der Waals surface area (Å²) in [7, 11) is 1.46. The van der Waals surface area contributed by atoms with Crippen LogP contribution in [0.4, 0.5) is 4.79 Å². The van der Waals surface area contributed by atoms with E-state index in [9.17, 15) is 4.79 Å². The van der Waals surface area contributed by atoms with E-state index >= 15 is 0 Å². The van der Waals surface area contributed by atoms with E-state index in [1.54, 1.807) is 6.92 Å². The minimum atomic E-state index is -0.644. The van der Waals surface area contributed by atoms with Crippen molar-refractivity contribution >= 4 is 24.6 Å². The maximum Gasteiger partial charge on any atom is 0.433 e. The first-order valence-corrected chi connectivity index (χ1v) is 5.80. The Kier molecular flexibility index (Phi) is 4.33. The molecule has 1 amide bonds. The van der Waals surface area contributed by atoms with E-state index in [0.717, 1.165) is 0 Å². The molecule has 0 bridgehead atoms. The van der Waals surface area contributed by atoms with Gasteiger partial charge in [-0.25, -0.2) is 9.78 Å². The third-order valence-corrected chi connectivity index (χ3v) is 2.28. The Labute approximate surface area is 111 Å². The summed E-state index contributed by atoms with van der Waals surface area (Å²) < 4.78 is 1.45. The molecule has 0 spiro atoms. The molecule has 18 heavy (non-hydrogen) atoms. The number of aryl methyl sites for hydroxylation is 1. The molecule has 8 heteroatoms. The lowest BCUT2D eigenvalue weighted by atomic mass is 9.95. The second-order valence-electron chi connectivity index (χ2n) is 4.66. The topological polar surface area (TPSA) is 81.4 Å². The Hall–Kier alpha value is -1.57. The molecule has 0 aliphatic heterocycles. The molecule has 0 aromatic carbocycles. The van der Waals surface area contributed by atoms with Crippen molar-refractivity contribution in [3.63, 3.8) is 0 Å². The summed E-state index contributed by atoms with van der Waals surface area (Å²) in [6, 6.07) is 0. The van der Waals surface area contributed by atoms with Crippen molar-refractivity contribution in [1.29, 1.82) is 0 Å². The highest BCUT2D eigenvalue weighted by molar-refractivity contribution is 7.80. The predicted molar refractivity (Wildman–Crippen MR) is 69.8 cm³/mol. The fraction of sp³-hybridized carbons (Fsp3) is 0.600. The first kappa shape index (κ1) is 14.5. The zero-order chi connectivity index (χ0) is 13.9. The number of aromatic nitrogens is 3. The molecule has 0 fully saturated rings. The van der Waals surface area contributed by atoms with Crippen molar-refractivity contribution in [2.45, 2.75) is 32.9 Å². The second-order valence-corrected chi connectivity index (χ2v) is 5.06. The van der Waals surface area contributed by atoms with Crippen molar-refractivity contribution < 1.29 is 9.63 Å². The van der Waals surface area contributed by atoms with Gasteiger partial charge in [-0.3, -0.25) is 4.84 Å².